The number of ether oxygens (including phenoxy) is 2. The molecular formula is C15H23N3O7. The molecule has 0 saturated carbocycles. The molecule has 0 aliphatic heterocycles. The molecule has 10 heteroatoms. The number of amides is 1. The predicted octanol–water partition coefficient (Wildman–Crippen LogP) is 0.110. The van der Waals surface area contributed by atoms with Crippen LogP contribution in [0.3, 0.4) is 0 Å². The van der Waals surface area contributed by atoms with Crippen LogP contribution in [-0.2, 0) is 4.84 Å². The molecule has 4 N–H and O–H groups in total. The van der Waals surface area contributed by atoms with E-state index in [4.69, 9.17) is 15.2 Å². The second-order valence-electron chi connectivity index (χ2n) is 5.46. The van der Waals surface area contributed by atoms with E-state index >= 15 is 0 Å². The number of hydrogen-bond acceptors (Lipinski definition) is 8. The van der Waals surface area contributed by atoms with Crippen LogP contribution >= 0.6 is 0 Å². The van der Waals surface area contributed by atoms with Gasteiger partial charge in [0.25, 0.3) is 11.0 Å². The van der Waals surface area contributed by atoms with Gasteiger partial charge in [0.05, 0.1) is 5.56 Å². The topological polar surface area (TPSA) is 146 Å². The Balaban J connectivity index is 2.60. The van der Waals surface area contributed by atoms with Crippen LogP contribution in [0.5, 0.6) is 11.5 Å². The minimum atomic E-state index is -0.936. The van der Waals surface area contributed by atoms with Crippen LogP contribution in [-0.4, -0.2) is 54.6 Å². The molecule has 25 heavy (non-hydrogen) atoms. The first-order chi connectivity index (χ1) is 11.8. The molecule has 0 spiro atoms. The summed E-state index contributed by atoms with van der Waals surface area (Å²) in [6.45, 7) is 3.93. The maximum Gasteiger partial charge on any atom is 0.294 e. The summed E-state index contributed by atoms with van der Waals surface area (Å²) in [5, 5.41) is 22.0. The SMILES string of the molecule is CC(C)NCC(O)COc1ccc(OCCO[N+](=O)[O-])c(C(N)=O)c1. The quantitative estimate of drug-likeness (QED) is 0.271. The lowest BCUT2D eigenvalue weighted by molar-refractivity contribution is -0.757. The van der Waals surface area contributed by atoms with Crippen molar-refractivity contribution < 1.29 is 29.3 Å². The van der Waals surface area contributed by atoms with Crippen LogP contribution in [0.2, 0.25) is 0 Å². The number of nitrogens with zero attached hydrogens (tertiary/aromatic N) is 1. The Bertz CT molecular complexity index is 580. The summed E-state index contributed by atoms with van der Waals surface area (Å²) < 4.78 is 10.7. The van der Waals surface area contributed by atoms with Crippen molar-refractivity contribution in [3.8, 4) is 11.5 Å². The lowest BCUT2D eigenvalue weighted by atomic mass is 10.2. The van der Waals surface area contributed by atoms with Gasteiger partial charge in [-0.1, -0.05) is 13.8 Å². The van der Waals surface area contributed by atoms with E-state index in [1.54, 1.807) is 6.07 Å². The third-order valence-corrected chi connectivity index (χ3v) is 2.96. The molecule has 1 unspecified atom stereocenters. The van der Waals surface area contributed by atoms with Gasteiger partial charge in [-0.05, 0) is 18.2 Å². The minimum absolute atomic E-state index is 0.0365. The third kappa shape index (κ3) is 8.18. The summed E-state index contributed by atoms with van der Waals surface area (Å²) in [5.74, 6) is -0.238. The van der Waals surface area contributed by atoms with E-state index in [1.165, 1.54) is 12.1 Å². The van der Waals surface area contributed by atoms with Crippen LogP contribution < -0.4 is 20.5 Å². The van der Waals surface area contributed by atoms with Gasteiger partial charge in [-0.25, -0.2) is 0 Å². The summed E-state index contributed by atoms with van der Waals surface area (Å²) in [4.78, 5) is 25.7. The van der Waals surface area contributed by atoms with E-state index in [-0.39, 0.29) is 37.2 Å². The Morgan fingerprint density at radius 2 is 2.08 bits per heavy atom. The molecule has 0 fully saturated rings. The highest BCUT2D eigenvalue weighted by atomic mass is 17.0. The number of primary amides is 1. The first-order valence-electron chi connectivity index (χ1n) is 7.67. The van der Waals surface area contributed by atoms with Crippen molar-refractivity contribution in [2.45, 2.75) is 26.0 Å². The van der Waals surface area contributed by atoms with Crippen LogP contribution in [0.1, 0.15) is 24.2 Å². The van der Waals surface area contributed by atoms with Gasteiger partial charge in [-0.15, -0.1) is 10.1 Å². The maximum absolute atomic E-state index is 11.5. The smallest absolute Gasteiger partial charge is 0.294 e. The molecule has 0 bridgehead atoms. The number of carbonyl (C=O) groups is 1. The molecule has 0 aromatic heterocycles. The third-order valence-electron chi connectivity index (χ3n) is 2.96. The first-order valence-corrected chi connectivity index (χ1v) is 7.67. The van der Waals surface area contributed by atoms with Crippen molar-refractivity contribution in [2.24, 2.45) is 5.73 Å². The predicted molar refractivity (Wildman–Crippen MR) is 88.0 cm³/mol. The van der Waals surface area contributed by atoms with Crippen LogP contribution in [0.15, 0.2) is 18.2 Å². The summed E-state index contributed by atoms with van der Waals surface area (Å²) in [5.41, 5.74) is 5.36. The van der Waals surface area contributed by atoms with E-state index < -0.39 is 17.1 Å². The highest BCUT2D eigenvalue weighted by molar-refractivity contribution is 5.96. The van der Waals surface area contributed by atoms with Crippen LogP contribution in [0.4, 0.5) is 0 Å². The number of aliphatic hydroxyl groups excluding tert-OH is 1. The summed E-state index contributed by atoms with van der Waals surface area (Å²) >= 11 is 0. The van der Waals surface area contributed by atoms with E-state index in [1.807, 2.05) is 13.8 Å². The fourth-order valence-electron chi connectivity index (χ4n) is 1.80. The Hall–Kier alpha value is -2.59. The van der Waals surface area contributed by atoms with E-state index in [2.05, 4.69) is 10.2 Å². The Morgan fingerprint density at radius 1 is 1.36 bits per heavy atom. The number of carbonyl (C=O) groups excluding carboxylic acids is 1. The summed E-state index contributed by atoms with van der Waals surface area (Å²) in [6.07, 6.45) is -0.713. The van der Waals surface area contributed by atoms with Crippen molar-refractivity contribution >= 4 is 5.91 Å². The average molecular weight is 357 g/mol. The van der Waals surface area contributed by atoms with Gasteiger partial charge in [0, 0.05) is 12.6 Å². The molecule has 0 saturated heterocycles. The number of aliphatic hydroxyl groups is 1. The van der Waals surface area contributed by atoms with Crippen molar-refractivity contribution in [1.82, 2.24) is 5.32 Å². The normalized spacial score (nSPS) is 11.8. The number of rotatable bonds is 12. The summed E-state index contributed by atoms with van der Waals surface area (Å²) in [6, 6.07) is 4.63. The minimum Gasteiger partial charge on any atom is -0.491 e. The van der Waals surface area contributed by atoms with Gasteiger partial charge >= 0.3 is 0 Å². The number of hydrogen-bond donors (Lipinski definition) is 3. The maximum atomic E-state index is 11.5. The molecule has 0 aliphatic rings. The van der Waals surface area contributed by atoms with Crippen molar-refractivity contribution in [1.29, 1.82) is 0 Å². The Kier molecular flexibility index (Phi) is 8.44. The highest BCUT2D eigenvalue weighted by Crippen LogP contribution is 2.24. The van der Waals surface area contributed by atoms with Crippen molar-refractivity contribution in [3.05, 3.63) is 33.9 Å². The van der Waals surface area contributed by atoms with Gasteiger partial charge in [0.1, 0.15) is 37.4 Å². The van der Waals surface area contributed by atoms with Gasteiger partial charge in [-0.2, -0.15) is 0 Å². The zero-order valence-corrected chi connectivity index (χ0v) is 14.1. The average Bonchev–Trinajstić information content (AvgIpc) is 2.55. The molecule has 0 aliphatic carbocycles. The number of nitrogens with two attached hydrogens (primary N) is 1. The number of nitrogens with one attached hydrogen (secondary N) is 1. The van der Waals surface area contributed by atoms with Crippen molar-refractivity contribution in [3.63, 3.8) is 0 Å². The molecule has 0 heterocycles. The molecule has 1 amide bonds. The molecule has 1 rings (SSSR count). The fraction of sp³-hybridized carbons (Fsp3) is 0.533. The first kappa shape index (κ1) is 20.5. The van der Waals surface area contributed by atoms with Gasteiger partial charge < -0.3 is 30.5 Å². The van der Waals surface area contributed by atoms with Crippen molar-refractivity contribution in [2.75, 3.05) is 26.4 Å². The van der Waals surface area contributed by atoms with Gasteiger partial charge in [0.15, 0.2) is 0 Å². The molecule has 1 aromatic rings. The highest BCUT2D eigenvalue weighted by Gasteiger charge is 2.13. The Labute approximate surface area is 145 Å². The molecule has 1 aromatic carbocycles. The van der Waals surface area contributed by atoms with Crippen LogP contribution in [0, 0.1) is 10.1 Å². The lowest BCUT2D eigenvalue weighted by Crippen LogP contribution is -2.35. The second-order valence-corrected chi connectivity index (χ2v) is 5.46. The largest absolute Gasteiger partial charge is 0.491 e. The molecule has 0 radical (unpaired) electrons. The number of benzene rings is 1. The van der Waals surface area contributed by atoms with Gasteiger partial charge in [0.2, 0.25) is 0 Å². The zero-order valence-electron chi connectivity index (χ0n) is 14.1. The Morgan fingerprint density at radius 3 is 2.68 bits per heavy atom. The zero-order chi connectivity index (χ0) is 18.8. The molecule has 10 nitrogen and oxygen atoms in total. The molecule has 140 valence electrons. The monoisotopic (exact) mass is 357 g/mol. The van der Waals surface area contributed by atoms with Gasteiger partial charge in [-0.3, -0.25) is 4.79 Å². The summed E-state index contributed by atoms with van der Waals surface area (Å²) in [7, 11) is 0. The molecular weight excluding hydrogens is 334 g/mol. The van der Waals surface area contributed by atoms with Crippen LogP contribution in [0.25, 0.3) is 0 Å². The molecule has 1 atom stereocenters. The van der Waals surface area contributed by atoms with E-state index in [0.29, 0.717) is 12.3 Å². The van der Waals surface area contributed by atoms with E-state index in [9.17, 15) is 20.0 Å². The van der Waals surface area contributed by atoms with E-state index in [0.717, 1.165) is 0 Å². The second kappa shape index (κ2) is 10.3. The fourth-order valence-corrected chi connectivity index (χ4v) is 1.80. The standard InChI is InChI=1S/C15H23N3O7/c1-10(2)17-8-11(19)9-24-12-3-4-14(13(7-12)15(16)20)23-5-6-25-18(21)22/h3-4,7,10-11,17,19H,5-6,8-9H2,1-2H3,(H2,16,20). The lowest BCUT2D eigenvalue weighted by Gasteiger charge is -2.16.